The average Bonchev–Trinajstić information content (AvgIpc) is 3.54. The Bertz CT molecular complexity index is 1150. The number of rotatable bonds is 4. The maximum Gasteiger partial charge on any atom is 0.252 e. The molecule has 0 spiro atoms. The molecule has 1 aliphatic heterocycles. The van der Waals surface area contributed by atoms with E-state index in [0.717, 1.165) is 54.7 Å². The zero-order valence-electron chi connectivity index (χ0n) is 18.0. The van der Waals surface area contributed by atoms with Crippen molar-refractivity contribution in [3.8, 4) is 0 Å². The third-order valence-electron chi connectivity index (χ3n) is 6.69. The van der Waals surface area contributed by atoms with Gasteiger partial charge in [-0.15, -0.1) is 0 Å². The standard InChI is InChI=1S/C26H28FN3O/c1-17-7-8-19(30-14-13-28-18(2)16-30)15-22(17)25(31)29-26(11-12-26)23-9-10-24(27)21-6-4-3-5-20(21)23/h3-10,15,18,28H,11-14,16H2,1-2H3,(H,29,31). The Hall–Kier alpha value is -2.92. The predicted molar refractivity (Wildman–Crippen MR) is 123 cm³/mol. The van der Waals surface area contributed by atoms with Crippen LogP contribution in [0.5, 0.6) is 0 Å². The minimum Gasteiger partial charge on any atom is -0.369 e. The molecular formula is C26H28FN3O. The van der Waals surface area contributed by atoms with Crippen LogP contribution in [0.3, 0.4) is 0 Å². The first-order valence-electron chi connectivity index (χ1n) is 11.1. The van der Waals surface area contributed by atoms with Crippen molar-refractivity contribution in [1.82, 2.24) is 10.6 Å². The molecule has 1 atom stereocenters. The van der Waals surface area contributed by atoms with Gasteiger partial charge in [0, 0.05) is 42.3 Å². The largest absolute Gasteiger partial charge is 0.369 e. The highest BCUT2D eigenvalue weighted by Crippen LogP contribution is 2.48. The van der Waals surface area contributed by atoms with Crippen molar-refractivity contribution in [3.05, 3.63) is 77.1 Å². The fourth-order valence-corrected chi connectivity index (χ4v) is 4.77. The Morgan fingerprint density at radius 3 is 2.65 bits per heavy atom. The van der Waals surface area contributed by atoms with Gasteiger partial charge in [0.15, 0.2) is 0 Å². The molecule has 3 aromatic rings. The van der Waals surface area contributed by atoms with Crippen LogP contribution in [0.2, 0.25) is 0 Å². The minimum atomic E-state index is -0.420. The smallest absolute Gasteiger partial charge is 0.252 e. The van der Waals surface area contributed by atoms with Gasteiger partial charge in [-0.1, -0.05) is 36.4 Å². The van der Waals surface area contributed by atoms with Crippen molar-refractivity contribution in [1.29, 1.82) is 0 Å². The quantitative estimate of drug-likeness (QED) is 0.657. The van der Waals surface area contributed by atoms with E-state index < -0.39 is 5.54 Å². The lowest BCUT2D eigenvalue weighted by Crippen LogP contribution is -2.49. The summed E-state index contributed by atoms with van der Waals surface area (Å²) >= 11 is 0. The zero-order valence-corrected chi connectivity index (χ0v) is 18.0. The molecule has 0 aromatic heterocycles. The van der Waals surface area contributed by atoms with E-state index in [-0.39, 0.29) is 11.7 Å². The second-order valence-electron chi connectivity index (χ2n) is 8.98. The predicted octanol–water partition coefficient (Wildman–Crippen LogP) is 4.50. The number of benzene rings is 3. The molecule has 2 fully saturated rings. The number of fused-ring (bicyclic) bond motifs is 1. The highest BCUT2D eigenvalue weighted by atomic mass is 19.1. The molecule has 2 N–H and O–H groups in total. The van der Waals surface area contributed by atoms with Crippen LogP contribution in [-0.4, -0.2) is 31.6 Å². The van der Waals surface area contributed by atoms with Crippen LogP contribution >= 0.6 is 0 Å². The first kappa shape index (κ1) is 20.0. The van der Waals surface area contributed by atoms with Crippen molar-refractivity contribution in [2.45, 2.75) is 38.3 Å². The number of aryl methyl sites for hydroxylation is 1. The van der Waals surface area contributed by atoms with Crippen LogP contribution in [-0.2, 0) is 5.54 Å². The van der Waals surface area contributed by atoms with Crippen LogP contribution in [0.4, 0.5) is 10.1 Å². The number of amides is 1. The van der Waals surface area contributed by atoms with Crippen LogP contribution < -0.4 is 15.5 Å². The maximum atomic E-state index is 14.3. The molecule has 31 heavy (non-hydrogen) atoms. The van der Waals surface area contributed by atoms with Crippen molar-refractivity contribution in [2.75, 3.05) is 24.5 Å². The van der Waals surface area contributed by atoms with Gasteiger partial charge >= 0.3 is 0 Å². The number of anilines is 1. The van der Waals surface area contributed by atoms with E-state index in [0.29, 0.717) is 17.0 Å². The van der Waals surface area contributed by atoms with Gasteiger partial charge in [0.2, 0.25) is 0 Å². The number of carbonyl (C=O) groups is 1. The van der Waals surface area contributed by atoms with Crippen molar-refractivity contribution >= 4 is 22.4 Å². The second kappa shape index (κ2) is 7.65. The third-order valence-corrected chi connectivity index (χ3v) is 6.69. The lowest BCUT2D eigenvalue weighted by molar-refractivity contribution is 0.0930. The summed E-state index contributed by atoms with van der Waals surface area (Å²) in [5.74, 6) is -0.288. The number of nitrogens with zero attached hydrogens (tertiary/aromatic N) is 1. The van der Waals surface area contributed by atoms with E-state index in [2.05, 4.69) is 28.5 Å². The van der Waals surface area contributed by atoms with Gasteiger partial charge in [0.05, 0.1) is 5.54 Å². The lowest BCUT2D eigenvalue weighted by atomic mass is 9.96. The van der Waals surface area contributed by atoms with Gasteiger partial charge in [-0.3, -0.25) is 4.79 Å². The molecule has 5 rings (SSSR count). The van der Waals surface area contributed by atoms with E-state index in [1.54, 1.807) is 6.07 Å². The number of halogens is 1. The molecule has 160 valence electrons. The third kappa shape index (κ3) is 3.68. The van der Waals surface area contributed by atoms with Crippen LogP contribution in [0.1, 0.15) is 41.3 Å². The molecule has 1 aliphatic carbocycles. The van der Waals surface area contributed by atoms with Gasteiger partial charge in [0.1, 0.15) is 5.82 Å². The van der Waals surface area contributed by atoms with Gasteiger partial charge in [-0.2, -0.15) is 0 Å². The van der Waals surface area contributed by atoms with Gasteiger partial charge in [-0.25, -0.2) is 4.39 Å². The number of hydrogen-bond acceptors (Lipinski definition) is 3. The molecule has 1 saturated heterocycles. The Kier molecular flexibility index (Phi) is 4.94. The molecule has 5 heteroatoms. The summed E-state index contributed by atoms with van der Waals surface area (Å²) in [6.45, 7) is 6.96. The van der Waals surface area contributed by atoms with Crippen molar-refractivity contribution in [2.24, 2.45) is 0 Å². The first-order chi connectivity index (χ1) is 15.0. The summed E-state index contributed by atoms with van der Waals surface area (Å²) in [7, 11) is 0. The molecule has 0 bridgehead atoms. The molecule has 1 unspecified atom stereocenters. The molecular weight excluding hydrogens is 389 g/mol. The van der Waals surface area contributed by atoms with E-state index in [1.165, 1.54) is 6.07 Å². The molecule has 1 heterocycles. The Balaban J connectivity index is 1.44. The average molecular weight is 418 g/mol. The minimum absolute atomic E-state index is 0.0616. The molecule has 3 aromatic carbocycles. The Morgan fingerprint density at radius 2 is 1.90 bits per heavy atom. The van der Waals surface area contributed by atoms with Crippen LogP contribution in [0.15, 0.2) is 54.6 Å². The van der Waals surface area contributed by atoms with Gasteiger partial charge < -0.3 is 15.5 Å². The SMILES string of the molecule is Cc1ccc(N2CCNC(C)C2)cc1C(=O)NC1(c2ccc(F)c3ccccc23)CC1. The Morgan fingerprint density at radius 1 is 1.13 bits per heavy atom. The van der Waals surface area contributed by atoms with Crippen molar-refractivity contribution in [3.63, 3.8) is 0 Å². The highest BCUT2D eigenvalue weighted by Gasteiger charge is 2.47. The van der Waals surface area contributed by atoms with Gasteiger partial charge in [-0.05, 0) is 61.4 Å². The highest BCUT2D eigenvalue weighted by molar-refractivity contribution is 5.98. The van der Waals surface area contributed by atoms with E-state index in [9.17, 15) is 9.18 Å². The lowest BCUT2D eigenvalue weighted by Gasteiger charge is -2.34. The van der Waals surface area contributed by atoms with E-state index >= 15 is 0 Å². The summed E-state index contributed by atoms with van der Waals surface area (Å²) in [4.78, 5) is 15.7. The zero-order chi connectivity index (χ0) is 21.6. The van der Waals surface area contributed by atoms with Crippen LogP contribution in [0.25, 0.3) is 10.8 Å². The molecule has 1 amide bonds. The summed E-state index contributed by atoms with van der Waals surface area (Å²) in [5, 5.41) is 8.24. The monoisotopic (exact) mass is 417 g/mol. The normalized spacial score (nSPS) is 20.0. The second-order valence-corrected chi connectivity index (χ2v) is 8.98. The maximum absolute atomic E-state index is 14.3. The topological polar surface area (TPSA) is 44.4 Å². The number of piperazine rings is 1. The summed E-state index contributed by atoms with van der Waals surface area (Å²) in [6, 6.07) is 17.4. The summed E-state index contributed by atoms with van der Waals surface area (Å²) in [5.41, 5.74) is 3.34. The molecule has 4 nitrogen and oxygen atoms in total. The first-order valence-corrected chi connectivity index (χ1v) is 11.1. The van der Waals surface area contributed by atoms with Crippen LogP contribution in [0, 0.1) is 12.7 Å². The molecule has 2 aliphatic rings. The van der Waals surface area contributed by atoms with Crippen molar-refractivity contribution < 1.29 is 9.18 Å². The van der Waals surface area contributed by atoms with E-state index in [4.69, 9.17) is 0 Å². The fraction of sp³-hybridized carbons (Fsp3) is 0.346. The molecule has 1 saturated carbocycles. The van der Waals surface area contributed by atoms with Gasteiger partial charge in [0.25, 0.3) is 5.91 Å². The summed E-state index contributed by atoms with van der Waals surface area (Å²) in [6.07, 6.45) is 1.73. The number of hydrogen-bond donors (Lipinski definition) is 2. The number of carbonyl (C=O) groups excluding carboxylic acids is 1. The number of nitrogens with one attached hydrogen (secondary N) is 2. The summed E-state index contributed by atoms with van der Waals surface area (Å²) < 4.78 is 14.3. The van der Waals surface area contributed by atoms with E-state index in [1.807, 2.05) is 43.3 Å². The Labute approximate surface area is 182 Å². The molecule has 0 radical (unpaired) electrons. The fourth-order valence-electron chi connectivity index (χ4n) is 4.77.